The lowest BCUT2D eigenvalue weighted by atomic mass is 9.99. The lowest BCUT2D eigenvalue weighted by molar-refractivity contribution is 0.0994. The first-order valence-corrected chi connectivity index (χ1v) is 10.1. The number of furan rings is 1. The van der Waals surface area contributed by atoms with Crippen LogP contribution in [0.15, 0.2) is 46.9 Å². The van der Waals surface area contributed by atoms with E-state index in [0.29, 0.717) is 12.5 Å². The average molecular weight is 359 g/mol. The van der Waals surface area contributed by atoms with Crippen molar-refractivity contribution < 1.29 is 9.21 Å². The predicted octanol–water partition coefficient (Wildman–Crippen LogP) is 5.26. The maximum absolute atomic E-state index is 11.9. The fourth-order valence-electron chi connectivity index (χ4n) is 4.67. The largest absolute Gasteiger partial charge is 0.460 e. The molecule has 0 radical (unpaired) electrons. The van der Waals surface area contributed by atoms with Crippen molar-refractivity contribution in [3.05, 3.63) is 59.4 Å². The van der Waals surface area contributed by atoms with Gasteiger partial charge < -0.3 is 9.32 Å². The fourth-order valence-corrected chi connectivity index (χ4v) is 4.67. The van der Waals surface area contributed by atoms with Gasteiger partial charge in [0.25, 0.3) is 0 Å². The van der Waals surface area contributed by atoms with E-state index in [1.165, 1.54) is 24.9 Å². The molecule has 1 saturated heterocycles. The van der Waals surface area contributed by atoms with Gasteiger partial charge in [0.2, 0.25) is 0 Å². The molecule has 27 heavy (non-hydrogen) atoms. The van der Waals surface area contributed by atoms with Gasteiger partial charge in [0.05, 0.1) is 0 Å². The van der Waals surface area contributed by atoms with Crippen LogP contribution >= 0.6 is 0 Å². The van der Waals surface area contributed by atoms with Crippen LogP contribution in [0.3, 0.4) is 0 Å². The van der Waals surface area contributed by atoms with E-state index in [0.717, 1.165) is 52.8 Å². The third-order valence-corrected chi connectivity index (χ3v) is 6.27. The van der Waals surface area contributed by atoms with E-state index in [1.54, 1.807) is 0 Å². The summed E-state index contributed by atoms with van der Waals surface area (Å²) < 4.78 is 6.30. The average Bonchev–Trinajstić information content (AvgIpc) is 3.38. The first kappa shape index (κ1) is 16.8. The molecule has 5 rings (SSSR count). The Labute approximate surface area is 160 Å². The van der Waals surface area contributed by atoms with Crippen molar-refractivity contribution >= 4 is 16.8 Å². The van der Waals surface area contributed by atoms with Gasteiger partial charge in [-0.05, 0) is 49.9 Å². The Morgan fingerprint density at radius 2 is 2.04 bits per heavy atom. The second-order valence-corrected chi connectivity index (χ2v) is 8.01. The van der Waals surface area contributed by atoms with Gasteiger partial charge in [-0.1, -0.05) is 36.4 Å². The summed E-state index contributed by atoms with van der Waals surface area (Å²) in [5.41, 5.74) is 5.29. The number of likely N-dealkylation sites (tertiary alicyclic amines) is 1. The monoisotopic (exact) mass is 359 g/mol. The number of benzene rings is 2. The van der Waals surface area contributed by atoms with E-state index in [4.69, 9.17) is 4.42 Å². The Hall–Kier alpha value is -2.39. The summed E-state index contributed by atoms with van der Waals surface area (Å²) in [6, 6.07) is 15.4. The number of fused-ring (bicyclic) bond motifs is 2. The van der Waals surface area contributed by atoms with E-state index in [1.807, 2.05) is 6.07 Å². The van der Waals surface area contributed by atoms with Gasteiger partial charge in [0.1, 0.15) is 11.3 Å². The molecule has 138 valence electrons. The number of ketones is 1. The minimum absolute atomic E-state index is 0.270. The van der Waals surface area contributed by atoms with Gasteiger partial charge in [-0.2, -0.15) is 0 Å². The standard InChI is InChI=1S/C24H25NO2/c1-16-4-3-12-25(16)13-11-20-15-19-5-2-6-22(24(19)27-20)18-7-9-21-17(14-18)8-10-23(21)26/h2,5-7,9,14-16H,3-4,8,10-13H2,1H3/t16-/m1/s1. The number of carbonyl (C=O) groups excluding carboxylic acids is 1. The number of nitrogens with zero attached hydrogens (tertiary/aromatic N) is 1. The molecule has 0 amide bonds. The number of hydrogen-bond acceptors (Lipinski definition) is 3. The quantitative estimate of drug-likeness (QED) is 0.637. The molecule has 2 heterocycles. The second kappa shape index (κ2) is 6.65. The smallest absolute Gasteiger partial charge is 0.163 e. The van der Waals surface area contributed by atoms with Crippen molar-refractivity contribution in [2.45, 2.75) is 45.1 Å². The maximum Gasteiger partial charge on any atom is 0.163 e. The Morgan fingerprint density at radius 3 is 2.89 bits per heavy atom. The number of para-hydroxylation sites is 1. The predicted molar refractivity (Wildman–Crippen MR) is 108 cm³/mol. The van der Waals surface area contributed by atoms with Crippen LogP contribution in [-0.2, 0) is 12.8 Å². The number of Topliss-reactive ketones (excluding diaryl/α,β-unsaturated/α-hetero) is 1. The van der Waals surface area contributed by atoms with Crippen LogP contribution in [0.2, 0.25) is 0 Å². The Balaban J connectivity index is 1.45. The summed E-state index contributed by atoms with van der Waals surface area (Å²) in [6.07, 6.45) is 5.08. The van der Waals surface area contributed by atoms with Crippen LogP contribution in [0.5, 0.6) is 0 Å². The molecule has 3 aromatic rings. The Morgan fingerprint density at radius 1 is 1.11 bits per heavy atom. The lowest BCUT2D eigenvalue weighted by Gasteiger charge is -2.19. The summed E-state index contributed by atoms with van der Waals surface area (Å²) in [5.74, 6) is 1.33. The molecule has 0 saturated carbocycles. The van der Waals surface area contributed by atoms with Gasteiger partial charge in [0, 0.05) is 41.9 Å². The molecule has 0 spiro atoms. The highest BCUT2D eigenvalue weighted by Crippen LogP contribution is 2.34. The first-order chi connectivity index (χ1) is 13.2. The SMILES string of the molecule is C[C@@H]1CCCN1CCc1cc2cccc(-c3ccc4c(c3)CCC4=O)c2o1. The Kier molecular flexibility index (Phi) is 4.13. The summed E-state index contributed by atoms with van der Waals surface area (Å²) >= 11 is 0. The van der Waals surface area contributed by atoms with Gasteiger partial charge in [-0.15, -0.1) is 0 Å². The summed E-state index contributed by atoms with van der Waals surface area (Å²) in [7, 11) is 0. The molecule has 0 unspecified atom stereocenters. The molecule has 1 atom stereocenters. The van der Waals surface area contributed by atoms with Crippen LogP contribution in [0, 0.1) is 0 Å². The van der Waals surface area contributed by atoms with Crippen molar-refractivity contribution in [1.82, 2.24) is 4.90 Å². The molecule has 0 bridgehead atoms. The van der Waals surface area contributed by atoms with Crippen LogP contribution in [0.4, 0.5) is 0 Å². The normalized spacial score (nSPS) is 19.9. The van der Waals surface area contributed by atoms with Gasteiger partial charge in [-0.25, -0.2) is 0 Å². The van der Waals surface area contributed by atoms with Gasteiger partial charge in [0.15, 0.2) is 5.78 Å². The van der Waals surface area contributed by atoms with Gasteiger partial charge >= 0.3 is 0 Å². The zero-order valence-electron chi connectivity index (χ0n) is 15.8. The Bertz CT molecular complexity index is 1020. The van der Waals surface area contributed by atoms with Crippen molar-refractivity contribution in [1.29, 1.82) is 0 Å². The molecule has 2 aromatic carbocycles. The fraction of sp³-hybridized carbons (Fsp3) is 0.375. The highest BCUT2D eigenvalue weighted by molar-refractivity contribution is 6.01. The van der Waals surface area contributed by atoms with E-state index in [2.05, 4.69) is 48.2 Å². The minimum atomic E-state index is 0.270. The zero-order chi connectivity index (χ0) is 18.4. The third-order valence-electron chi connectivity index (χ3n) is 6.27. The second-order valence-electron chi connectivity index (χ2n) is 8.01. The molecule has 3 nitrogen and oxygen atoms in total. The third kappa shape index (κ3) is 3.00. The highest BCUT2D eigenvalue weighted by Gasteiger charge is 2.22. The molecule has 1 aliphatic heterocycles. The summed E-state index contributed by atoms with van der Waals surface area (Å²) in [6.45, 7) is 4.60. The van der Waals surface area contributed by atoms with Crippen molar-refractivity contribution in [2.24, 2.45) is 0 Å². The van der Waals surface area contributed by atoms with Crippen LogP contribution in [0.25, 0.3) is 22.1 Å². The van der Waals surface area contributed by atoms with Crippen molar-refractivity contribution in [3.63, 3.8) is 0 Å². The molecule has 2 aliphatic rings. The number of aryl methyl sites for hydroxylation is 1. The first-order valence-electron chi connectivity index (χ1n) is 10.1. The maximum atomic E-state index is 11.9. The van der Waals surface area contributed by atoms with Crippen LogP contribution in [0.1, 0.15) is 47.9 Å². The van der Waals surface area contributed by atoms with E-state index in [-0.39, 0.29) is 5.78 Å². The molecular formula is C24H25NO2. The van der Waals surface area contributed by atoms with E-state index in [9.17, 15) is 4.79 Å². The molecule has 1 fully saturated rings. The minimum Gasteiger partial charge on any atom is -0.460 e. The number of carbonyl (C=O) groups is 1. The van der Waals surface area contributed by atoms with Crippen LogP contribution in [-0.4, -0.2) is 29.8 Å². The van der Waals surface area contributed by atoms with E-state index >= 15 is 0 Å². The zero-order valence-corrected chi connectivity index (χ0v) is 15.8. The van der Waals surface area contributed by atoms with Crippen LogP contribution < -0.4 is 0 Å². The molecule has 3 heteroatoms. The number of rotatable bonds is 4. The lowest BCUT2D eigenvalue weighted by Crippen LogP contribution is -2.28. The topological polar surface area (TPSA) is 33.5 Å². The molecular weight excluding hydrogens is 334 g/mol. The van der Waals surface area contributed by atoms with Crippen molar-refractivity contribution in [2.75, 3.05) is 13.1 Å². The molecule has 1 aliphatic carbocycles. The number of hydrogen-bond donors (Lipinski definition) is 0. The highest BCUT2D eigenvalue weighted by atomic mass is 16.3. The summed E-state index contributed by atoms with van der Waals surface area (Å²) in [5, 5.41) is 1.16. The molecule has 1 aromatic heterocycles. The van der Waals surface area contributed by atoms with E-state index < -0.39 is 0 Å². The van der Waals surface area contributed by atoms with Gasteiger partial charge in [-0.3, -0.25) is 4.79 Å². The summed E-state index contributed by atoms with van der Waals surface area (Å²) in [4.78, 5) is 14.5. The molecule has 0 N–H and O–H groups in total. The van der Waals surface area contributed by atoms with Crippen molar-refractivity contribution in [3.8, 4) is 11.1 Å².